The molecule has 10 nitrogen and oxygen atoms in total. The fourth-order valence-corrected chi connectivity index (χ4v) is 3.10. The number of phosphoric acid groups is 1. The van der Waals surface area contributed by atoms with E-state index < -0.39 is 42.6 Å². The molecule has 138 valence electrons. The third kappa shape index (κ3) is 3.60. The lowest BCUT2D eigenvalue weighted by Crippen LogP contribution is -2.60. The van der Waals surface area contributed by atoms with Crippen LogP contribution in [0.5, 0.6) is 0 Å². The van der Waals surface area contributed by atoms with Crippen molar-refractivity contribution in [2.45, 2.75) is 29.1 Å². The standard InChI is InChI=1S/C11H9B3FN2O8PS/c1-2-4-3-17(8(20)16-7(4)27)10(12)6(19)5(18)9(15,24-10)11(13,14)25-26(21,22)23/h1,3,5-6,18-19H,(H,16,20,27)(H2,21,22,23)/t5-,6+,9-,10-/m0/s1. The Morgan fingerprint density at radius 1 is 1.48 bits per heavy atom. The van der Waals surface area contributed by atoms with Crippen LogP contribution in [0, 0.1) is 17.0 Å². The highest BCUT2D eigenvalue weighted by molar-refractivity contribution is 7.71. The minimum atomic E-state index is -5.49. The summed E-state index contributed by atoms with van der Waals surface area (Å²) >= 11 is 4.80. The molecule has 0 bridgehead atoms. The van der Waals surface area contributed by atoms with Crippen molar-refractivity contribution in [1.29, 1.82) is 0 Å². The Bertz CT molecular complexity index is 976. The summed E-state index contributed by atoms with van der Waals surface area (Å²) in [6.45, 7) is 0. The Kier molecular flexibility index (Phi) is 5.46. The Morgan fingerprint density at radius 2 is 2.04 bits per heavy atom. The maximum Gasteiger partial charge on any atom is 0.468 e. The first kappa shape index (κ1) is 22.1. The SMILES string of the molecule is [B]C([B])(OP(=O)(O)O)[C@@]1(F)O[C@@]([B])(n2cc(C#C)c(=S)[nH]c2=O)[C@H](O)[C@@H]1O. The number of alkyl halides is 1. The fraction of sp³-hybridized carbons (Fsp3) is 0.455. The molecule has 2 heterocycles. The highest BCUT2D eigenvalue weighted by Crippen LogP contribution is 2.50. The minimum Gasteiger partial charge on any atom is -0.386 e. The molecule has 0 amide bonds. The molecule has 1 fully saturated rings. The van der Waals surface area contributed by atoms with Gasteiger partial charge in [-0.2, -0.15) is 0 Å². The Labute approximate surface area is 160 Å². The number of phosphoric ester groups is 1. The fourth-order valence-electron chi connectivity index (χ4n) is 2.38. The van der Waals surface area contributed by atoms with E-state index in [4.69, 9.17) is 56.7 Å². The predicted molar refractivity (Wildman–Crippen MR) is 91.9 cm³/mol. The predicted octanol–water partition coefficient (Wildman–Crippen LogP) is -2.82. The van der Waals surface area contributed by atoms with Crippen LogP contribution in [-0.2, 0) is 19.4 Å². The van der Waals surface area contributed by atoms with Gasteiger partial charge in [-0.25, -0.2) is 13.8 Å². The molecule has 0 saturated carbocycles. The number of aromatic amines is 1. The van der Waals surface area contributed by atoms with Crippen molar-refractivity contribution < 1.29 is 38.2 Å². The molecule has 4 atom stereocenters. The number of aliphatic hydroxyl groups excluding tert-OH is 2. The molecular formula is C11H9B3FN2O8PS. The zero-order valence-electron chi connectivity index (χ0n) is 13.1. The number of nitrogens with one attached hydrogen (secondary N) is 1. The zero-order chi connectivity index (χ0) is 21.0. The summed E-state index contributed by atoms with van der Waals surface area (Å²) in [5.74, 6) is -1.79. The summed E-state index contributed by atoms with van der Waals surface area (Å²) < 4.78 is 35.0. The maximum atomic E-state index is 15.2. The van der Waals surface area contributed by atoms with Gasteiger partial charge in [-0.3, -0.25) is 14.1 Å². The first-order valence-corrected chi connectivity index (χ1v) is 8.74. The smallest absolute Gasteiger partial charge is 0.386 e. The van der Waals surface area contributed by atoms with E-state index >= 15 is 4.39 Å². The van der Waals surface area contributed by atoms with Crippen molar-refractivity contribution >= 4 is 43.6 Å². The quantitative estimate of drug-likeness (QED) is 0.153. The lowest BCUT2D eigenvalue weighted by atomic mass is 9.59. The molecule has 1 aliphatic heterocycles. The number of ether oxygens (including phenoxy) is 1. The van der Waals surface area contributed by atoms with E-state index in [-0.39, 0.29) is 10.2 Å². The Morgan fingerprint density at radius 3 is 2.52 bits per heavy atom. The molecular weight excluding hydrogens is 403 g/mol. The molecule has 1 aromatic rings. The van der Waals surface area contributed by atoms with Crippen LogP contribution in [0.3, 0.4) is 0 Å². The van der Waals surface area contributed by atoms with Crippen molar-refractivity contribution in [3.05, 3.63) is 26.9 Å². The number of aliphatic hydroxyl groups is 2. The number of hydrogen-bond acceptors (Lipinski definition) is 7. The van der Waals surface area contributed by atoms with Gasteiger partial charge in [0.2, 0.25) is 0 Å². The number of nitrogens with zero attached hydrogens (tertiary/aromatic N) is 1. The van der Waals surface area contributed by atoms with Gasteiger partial charge in [0.05, 0.1) is 11.0 Å². The first-order chi connectivity index (χ1) is 12.1. The van der Waals surface area contributed by atoms with Crippen LogP contribution in [0.25, 0.3) is 0 Å². The molecule has 1 saturated heterocycles. The van der Waals surface area contributed by atoms with Crippen LogP contribution in [0.4, 0.5) is 4.39 Å². The highest BCUT2D eigenvalue weighted by Gasteiger charge is 2.68. The van der Waals surface area contributed by atoms with Gasteiger partial charge in [0.15, 0.2) is 0 Å². The third-order valence-corrected chi connectivity index (χ3v) is 4.55. The molecule has 0 aromatic carbocycles. The van der Waals surface area contributed by atoms with Crippen molar-refractivity contribution in [1.82, 2.24) is 9.55 Å². The first-order valence-electron chi connectivity index (χ1n) is 6.80. The van der Waals surface area contributed by atoms with Crippen LogP contribution in [-0.4, -0.2) is 76.6 Å². The lowest BCUT2D eigenvalue weighted by Gasteiger charge is -2.40. The minimum absolute atomic E-state index is 0.116. The average molecular weight is 412 g/mol. The maximum absolute atomic E-state index is 15.2. The lowest BCUT2D eigenvalue weighted by molar-refractivity contribution is -0.240. The van der Waals surface area contributed by atoms with E-state index in [1.54, 1.807) is 0 Å². The number of rotatable bonds is 4. The van der Waals surface area contributed by atoms with Gasteiger partial charge in [0.25, 0.3) is 5.85 Å². The van der Waals surface area contributed by atoms with E-state index in [0.29, 0.717) is 4.57 Å². The van der Waals surface area contributed by atoms with Gasteiger partial charge in [-0.1, -0.05) is 18.1 Å². The number of terminal acetylenes is 1. The number of hydrogen-bond donors (Lipinski definition) is 5. The molecule has 27 heavy (non-hydrogen) atoms. The van der Waals surface area contributed by atoms with Gasteiger partial charge in [-0.15, -0.1) is 6.42 Å². The molecule has 2 rings (SSSR count). The normalized spacial score (nSPS) is 31.6. The second kappa shape index (κ2) is 6.68. The number of H-pyrrole nitrogens is 1. The van der Waals surface area contributed by atoms with Gasteiger partial charge in [0.1, 0.15) is 46.0 Å². The molecule has 5 N–H and O–H groups in total. The van der Waals surface area contributed by atoms with Gasteiger partial charge >= 0.3 is 13.5 Å². The molecule has 6 radical (unpaired) electrons. The van der Waals surface area contributed by atoms with Crippen LogP contribution >= 0.6 is 20.0 Å². The van der Waals surface area contributed by atoms with Gasteiger partial charge in [0, 0.05) is 6.20 Å². The summed E-state index contributed by atoms with van der Waals surface area (Å²) in [7, 11) is 10.7. The molecule has 16 heteroatoms. The van der Waals surface area contributed by atoms with Gasteiger partial charge in [-0.05, 0) is 0 Å². The van der Waals surface area contributed by atoms with Crippen LogP contribution in [0.15, 0.2) is 11.0 Å². The highest BCUT2D eigenvalue weighted by atomic mass is 32.1. The molecule has 1 aromatic heterocycles. The summed E-state index contributed by atoms with van der Waals surface area (Å²) in [5.41, 5.74) is -4.12. The van der Waals surface area contributed by atoms with E-state index in [1.807, 2.05) is 0 Å². The van der Waals surface area contributed by atoms with Crippen LogP contribution in [0.2, 0.25) is 0 Å². The summed E-state index contributed by atoms with van der Waals surface area (Å²) in [6.07, 6.45) is 0.877. The second-order valence-electron chi connectivity index (χ2n) is 5.58. The summed E-state index contributed by atoms with van der Waals surface area (Å²) in [6, 6.07) is 0. The van der Waals surface area contributed by atoms with E-state index in [9.17, 15) is 19.6 Å². The summed E-state index contributed by atoms with van der Waals surface area (Å²) in [5, 5.41) is 16.7. The molecule has 1 aliphatic rings. The topological polar surface area (TPSA) is 154 Å². The van der Waals surface area contributed by atoms with Crippen molar-refractivity contribution in [2.24, 2.45) is 0 Å². The van der Waals surface area contributed by atoms with E-state index in [1.165, 1.54) is 0 Å². The van der Waals surface area contributed by atoms with Crippen molar-refractivity contribution in [3.8, 4) is 12.3 Å². The molecule has 0 aliphatic carbocycles. The van der Waals surface area contributed by atoms with Crippen molar-refractivity contribution in [2.75, 3.05) is 0 Å². The Balaban J connectivity index is 2.63. The van der Waals surface area contributed by atoms with E-state index in [0.717, 1.165) is 6.20 Å². The number of aromatic nitrogens is 2. The summed E-state index contributed by atoms with van der Waals surface area (Å²) in [4.78, 5) is 31.8. The Hall–Kier alpha value is -1.23. The van der Waals surface area contributed by atoms with Crippen LogP contribution in [0.1, 0.15) is 5.56 Å². The second-order valence-corrected chi connectivity index (χ2v) is 7.15. The van der Waals surface area contributed by atoms with E-state index in [2.05, 4.69) is 15.4 Å². The molecule has 0 spiro atoms. The number of halogens is 1. The van der Waals surface area contributed by atoms with Crippen LogP contribution < -0.4 is 5.69 Å². The largest absolute Gasteiger partial charge is 0.468 e. The average Bonchev–Trinajstić information content (AvgIpc) is 2.68. The molecule has 0 unspecified atom stereocenters. The third-order valence-electron chi connectivity index (χ3n) is 3.69. The monoisotopic (exact) mass is 412 g/mol. The van der Waals surface area contributed by atoms with Crippen molar-refractivity contribution in [3.63, 3.8) is 0 Å². The van der Waals surface area contributed by atoms with Gasteiger partial charge < -0.3 is 24.7 Å². The zero-order valence-corrected chi connectivity index (χ0v) is 14.9.